The van der Waals surface area contributed by atoms with Crippen LogP contribution in [0.2, 0.25) is 0 Å². The highest BCUT2D eigenvalue weighted by molar-refractivity contribution is 7.80. The number of imidazole rings is 1. The van der Waals surface area contributed by atoms with E-state index in [0.29, 0.717) is 18.7 Å². The van der Waals surface area contributed by atoms with Gasteiger partial charge in [0.15, 0.2) is 0 Å². The molecule has 0 radical (unpaired) electrons. The number of primary amides is 1. The van der Waals surface area contributed by atoms with Crippen LogP contribution in [0.25, 0.3) is 0 Å². The van der Waals surface area contributed by atoms with Crippen LogP contribution in [-0.2, 0) is 30.4 Å². The summed E-state index contributed by atoms with van der Waals surface area (Å²) in [5.74, 6) is -4.02. The molecule has 0 aromatic carbocycles. The fourth-order valence-corrected chi connectivity index (χ4v) is 3.54. The Morgan fingerprint density at radius 3 is 2.39 bits per heavy atom. The molecule has 4 unspecified atom stereocenters. The van der Waals surface area contributed by atoms with Crippen molar-refractivity contribution in [3.05, 3.63) is 18.2 Å². The monoisotopic (exact) mass is 483 g/mol. The highest BCUT2D eigenvalue weighted by Crippen LogP contribution is 2.08. The van der Waals surface area contributed by atoms with Crippen LogP contribution < -0.4 is 27.0 Å². The minimum Gasteiger partial charge on any atom is -0.480 e. The summed E-state index contributed by atoms with van der Waals surface area (Å²) in [5, 5.41) is 19.7. The summed E-state index contributed by atoms with van der Waals surface area (Å²) in [6.07, 6.45) is 4.10. The molecule has 13 nitrogen and oxygen atoms in total. The van der Waals surface area contributed by atoms with Crippen molar-refractivity contribution in [1.82, 2.24) is 31.2 Å². The summed E-state index contributed by atoms with van der Waals surface area (Å²) in [6, 6.07) is -4.02. The van der Waals surface area contributed by atoms with Gasteiger partial charge in [-0.25, -0.2) is 9.78 Å². The van der Waals surface area contributed by atoms with Crippen molar-refractivity contribution in [3.8, 4) is 0 Å². The van der Waals surface area contributed by atoms with E-state index in [1.165, 1.54) is 12.5 Å². The van der Waals surface area contributed by atoms with Crippen molar-refractivity contribution in [2.75, 3.05) is 12.3 Å². The SMILES string of the molecule is NC(=O)CCC(NC(=O)C(Cc1cnc[nH]1)NC(=O)C1CCCN1)C(=O)NC(CS)C(=O)O. The second-order valence-corrected chi connectivity index (χ2v) is 8.00. The average molecular weight is 484 g/mol. The summed E-state index contributed by atoms with van der Waals surface area (Å²) in [4.78, 5) is 67.5. The molecule has 1 aliphatic heterocycles. The quantitative estimate of drug-likeness (QED) is 0.140. The first kappa shape index (κ1) is 26.1. The van der Waals surface area contributed by atoms with Gasteiger partial charge < -0.3 is 37.1 Å². The summed E-state index contributed by atoms with van der Waals surface area (Å²) >= 11 is 3.90. The molecule has 1 aromatic rings. The summed E-state index contributed by atoms with van der Waals surface area (Å²) < 4.78 is 0. The normalized spacial score (nSPS) is 18.0. The molecule has 8 N–H and O–H groups in total. The lowest BCUT2D eigenvalue weighted by atomic mass is 10.1. The predicted molar refractivity (Wildman–Crippen MR) is 119 cm³/mol. The van der Waals surface area contributed by atoms with E-state index < -0.39 is 47.9 Å². The average Bonchev–Trinajstić information content (AvgIpc) is 3.47. The van der Waals surface area contributed by atoms with Crippen LogP contribution in [-0.4, -0.2) is 81.1 Å². The Kier molecular flexibility index (Phi) is 10.1. The number of carbonyl (C=O) groups is 5. The van der Waals surface area contributed by atoms with Gasteiger partial charge in [-0.3, -0.25) is 19.2 Å². The Bertz CT molecular complexity index is 844. The number of nitrogens with one attached hydrogen (secondary N) is 5. The standard InChI is InChI=1S/C19H29N7O6S/c20-15(27)4-3-12(17(29)26-14(8-33)19(31)32)24-18(30)13(6-10-7-21-9-23-10)25-16(28)11-2-1-5-22-11/h7,9,11-14,22,33H,1-6,8H2,(H2,20,27)(H,21,23)(H,24,30)(H,25,28)(H,26,29)(H,31,32). The van der Waals surface area contributed by atoms with Crippen LogP contribution in [0.15, 0.2) is 12.5 Å². The lowest BCUT2D eigenvalue weighted by Crippen LogP contribution is -2.57. The number of nitrogens with two attached hydrogens (primary N) is 1. The number of aromatic amines is 1. The number of H-pyrrole nitrogens is 1. The van der Waals surface area contributed by atoms with Gasteiger partial charge in [0, 0.05) is 30.5 Å². The summed E-state index contributed by atoms with van der Waals surface area (Å²) in [7, 11) is 0. The third-order valence-corrected chi connectivity index (χ3v) is 5.46. The molecule has 1 aliphatic rings. The first-order valence-corrected chi connectivity index (χ1v) is 11.1. The zero-order valence-corrected chi connectivity index (χ0v) is 18.8. The molecule has 4 atom stereocenters. The second-order valence-electron chi connectivity index (χ2n) is 7.64. The molecule has 2 rings (SSSR count). The maximum absolute atomic E-state index is 13.1. The molecule has 1 fully saturated rings. The number of hydrogen-bond donors (Lipinski definition) is 8. The van der Waals surface area contributed by atoms with E-state index in [0.717, 1.165) is 6.42 Å². The lowest BCUT2D eigenvalue weighted by molar-refractivity contribution is -0.141. The molecule has 0 bridgehead atoms. The van der Waals surface area contributed by atoms with E-state index in [1.807, 2.05) is 0 Å². The van der Waals surface area contributed by atoms with Gasteiger partial charge in [0.2, 0.25) is 23.6 Å². The number of rotatable bonds is 13. The number of carboxylic acid groups (broad SMARTS) is 1. The number of carboxylic acids is 1. The number of nitrogens with zero attached hydrogens (tertiary/aromatic N) is 1. The number of aliphatic carboxylic acids is 1. The smallest absolute Gasteiger partial charge is 0.327 e. The fraction of sp³-hybridized carbons (Fsp3) is 0.579. The van der Waals surface area contributed by atoms with Gasteiger partial charge >= 0.3 is 5.97 Å². The van der Waals surface area contributed by atoms with Gasteiger partial charge in [-0.1, -0.05) is 0 Å². The molecular weight excluding hydrogens is 454 g/mol. The molecule has 1 saturated heterocycles. The van der Waals surface area contributed by atoms with Gasteiger partial charge in [0.25, 0.3) is 0 Å². The lowest BCUT2D eigenvalue weighted by Gasteiger charge is -2.24. The van der Waals surface area contributed by atoms with E-state index in [2.05, 4.69) is 43.9 Å². The third-order valence-electron chi connectivity index (χ3n) is 5.10. The maximum atomic E-state index is 13.1. The minimum absolute atomic E-state index is 0.0723. The van der Waals surface area contributed by atoms with Crippen molar-refractivity contribution >= 4 is 42.2 Å². The highest BCUT2D eigenvalue weighted by atomic mass is 32.1. The molecule has 4 amide bonds. The van der Waals surface area contributed by atoms with Crippen LogP contribution in [0.5, 0.6) is 0 Å². The van der Waals surface area contributed by atoms with Crippen molar-refractivity contribution in [1.29, 1.82) is 0 Å². The van der Waals surface area contributed by atoms with Crippen molar-refractivity contribution in [2.24, 2.45) is 5.73 Å². The van der Waals surface area contributed by atoms with E-state index >= 15 is 0 Å². The van der Waals surface area contributed by atoms with E-state index in [1.54, 1.807) is 0 Å². The van der Waals surface area contributed by atoms with Gasteiger partial charge in [-0.2, -0.15) is 12.6 Å². The fourth-order valence-electron chi connectivity index (χ4n) is 3.29. The molecule has 182 valence electrons. The molecule has 0 aliphatic carbocycles. The zero-order valence-electron chi connectivity index (χ0n) is 17.9. The zero-order chi connectivity index (χ0) is 24.4. The van der Waals surface area contributed by atoms with Crippen molar-refractivity contribution in [3.63, 3.8) is 0 Å². The number of aromatic nitrogens is 2. The van der Waals surface area contributed by atoms with E-state index in [-0.39, 0.29) is 30.9 Å². The van der Waals surface area contributed by atoms with Crippen LogP contribution in [0.3, 0.4) is 0 Å². The largest absolute Gasteiger partial charge is 0.480 e. The second kappa shape index (κ2) is 12.8. The van der Waals surface area contributed by atoms with Crippen LogP contribution in [0.1, 0.15) is 31.4 Å². The van der Waals surface area contributed by atoms with E-state index in [9.17, 15) is 24.0 Å². The van der Waals surface area contributed by atoms with Crippen molar-refractivity contribution < 1.29 is 29.1 Å². The van der Waals surface area contributed by atoms with Gasteiger partial charge in [0.05, 0.1) is 12.4 Å². The highest BCUT2D eigenvalue weighted by Gasteiger charge is 2.31. The maximum Gasteiger partial charge on any atom is 0.327 e. The molecule has 0 spiro atoms. The molecule has 14 heteroatoms. The summed E-state index contributed by atoms with van der Waals surface area (Å²) in [5.41, 5.74) is 5.75. The van der Waals surface area contributed by atoms with Crippen LogP contribution >= 0.6 is 12.6 Å². The Morgan fingerprint density at radius 2 is 1.85 bits per heavy atom. The number of carbonyl (C=O) groups excluding carboxylic acids is 4. The first-order valence-electron chi connectivity index (χ1n) is 10.4. The molecule has 0 saturated carbocycles. The third kappa shape index (κ3) is 8.38. The Hall–Kier alpha value is -3.13. The number of thiol groups is 1. The first-order chi connectivity index (χ1) is 15.7. The summed E-state index contributed by atoms with van der Waals surface area (Å²) in [6.45, 7) is 0.695. The Morgan fingerprint density at radius 1 is 1.15 bits per heavy atom. The Labute approximate surface area is 195 Å². The van der Waals surface area contributed by atoms with Gasteiger partial charge in [-0.05, 0) is 25.8 Å². The van der Waals surface area contributed by atoms with Gasteiger partial charge in [0.1, 0.15) is 18.1 Å². The van der Waals surface area contributed by atoms with Crippen LogP contribution in [0, 0.1) is 0 Å². The number of hydrogen-bond acceptors (Lipinski definition) is 8. The molecule has 2 heterocycles. The van der Waals surface area contributed by atoms with Gasteiger partial charge in [-0.15, -0.1) is 0 Å². The van der Waals surface area contributed by atoms with Crippen LogP contribution in [0.4, 0.5) is 0 Å². The predicted octanol–water partition coefficient (Wildman–Crippen LogP) is -2.56. The van der Waals surface area contributed by atoms with Crippen molar-refractivity contribution in [2.45, 2.75) is 56.3 Å². The molecule has 1 aromatic heterocycles. The number of amides is 4. The topological polar surface area (TPSA) is 208 Å². The molecular formula is C19H29N7O6S. The molecule has 33 heavy (non-hydrogen) atoms. The Balaban J connectivity index is 2.14. The van der Waals surface area contributed by atoms with E-state index in [4.69, 9.17) is 10.8 Å². The minimum atomic E-state index is -1.30.